The third-order valence-electron chi connectivity index (χ3n) is 3.76. The summed E-state index contributed by atoms with van der Waals surface area (Å²) >= 11 is 5.85. The summed E-state index contributed by atoms with van der Waals surface area (Å²) in [6, 6.07) is 4.26. The molecule has 27 heavy (non-hydrogen) atoms. The minimum atomic E-state index is -4.50. The minimum absolute atomic E-state index is 0.0121. The number of nitrogens with zero attached hydrogens (tertiary/aromatic N) is 1. The quantitative estimate of drug-likeness (QED) is 0.768. The number of hydrogen-bond donors (Lipinski definition) is 2. The summed E-state index contributed by atoms with van der Waals surface area (Å²) in [5.41, 5.74) is 2.23. The number of amides is 2. The molecule has 0 bridgehead atoms. The van der Waals surface area contributed by atoms with Crippen LogP contribution in [-0.2, 0) is 11.2 Å². The highest BCUT2D eigenvalue weighted by Crippen LogP contribution is 2.22. The number of benzene rings is 1. The van der Waals surface area contributed by atoms with Crippen molar-refractivity contribution in [1.29, 1.82) is 0 Å². The first-order valence-electron chi connectivity index (χ1n) is 7.93. The summed E-state index contributed by atoms with van der Waals surface area (Å²) in [5, 5.41) is 8.25. The van der Waals surface area contributed by atoms with Crippen LogP contribution in [0.15, 0.2) is 22.7 Å². The summed E-state index contributed by atoms with van der Waals surface area (Å²) in [5.74, 6) is -1.22. The predicted octanol–water partition coefficient (Wildman–Crippen LogP) is 3.81. The molecule has 0 aliphatic rings. The number of aromatic nitrogens is 1. The summed E-state index contributed by atoms with van der Waals surface area (Å²) in [4.78, 5) is 24.0. The van der Waals surface area contributed by atoms with Gasteiger partial charge >= 0.3 is 6.18 Å². The zero-order valence-electron chi connectivity index (χ0n) is 14.5. The molecule has 2 amide bonds. The van der Waals surface area contributed by atoms with E-state index < -0.39 is 18.6 Å². The third kappa shape index (κ3) is 5.99. The Kier molecular flexibility index (Phi) is 6.48. The van der Waals surface area contributed by atoms with E-state index in [0.717, 1.165) is 0 Å². The summed E-state index contributed by atoms with van der Waals surface area (Å²) in [6.45, 7) is 1.98. The Morgan fingerprint density at radius 1 is 1.26 bits per heavy atom. The molecule has 6 nitrogen and oxygen atoms in total. The van der Waals surface area contributed by atoms with Crippen LogP contribution in [0.1, 0.15) is 33.6 Å². The number of rotatable bonds is 6. The average molecular weight is 404 g/mol. The van der Waals surface area contributed by atoms with Crippen LogP contribution in [0.2, 0.25) is 5.22 Å². The Morgan fingerprint density at radius 3 is 2.56 bits per heavy atom. The third-order valence-corrected chi connectivity index (χ3v) is 4.06. The minimum Gasteiger partial charge on any atom is -0.344 e. The predicted molar refractivity (Wildman–Crippen MR) is 92.8 cm³/mol. The topological polar surface area (TPSA) is 84.2 Å². The van der Waals surface area contributed by atoms with Crippen molar-refractivity contribution < 1.29 is 27.3 Å². The van der Waals surface area contributed by atoms with Gasteiger partial charge in [-0.1, -0.05) is 11.2 Å². The maximum Gasteiger partial charge on any atom is 0.405 e. The lowest BCUT2D eigenvalue weighted by Gasteiger charge is -2.12. The van der Waals surface area contributed by atoms with Gasteiger partial charge in [0.2, 0.25) is 11.1 Å². The highest BCUT2D eigenvalue weighted by molar-refractivity contribution is 6.29. The van der Waals surface area contributed by atoms with E-state index in [2.05, 4.69) is 10.5 Å². The van der Waals surface area contributed by atoms with Gasteiger partial charge in [0.25, 0.3) is 5.91 Å². The Bertz CT molecular complexity index is 830. The number of nitrogens with one attached hydrogen (secondary N) is 2. The lowest BCUT2D eigenvalue weighted by Crippen LogP contribution is -2.33. The SMILES string of the molecule is Cc1ccc(C(=O)NCC(F)(F)F)cc1NC(=O)CCc1c(C)noc1Cl. The first-order chi connectivity index (χ1) is 12.6. The molecular weight excluding hydrogens is 387 g/mol. The Morgan fingerprint density at radius 2 is 1.96 bits per heavy atom. The molecule has 2 N–H and O–H groups in total. The number of carbonyl (C=O) groups is 2. The number of alkyl halides is 3. The zero-order valence-corrected chi connectivity index (χ0v) is 15.3. The Hall–Kier alpha value is -2.55. The number of carbonyl (C=O) groups excluding carboxylic acids is 2. The fourth-order valence-corrected chi connectivity index (χ4v) is 2.54. The van der Waals surface area contributed by atoms with Crippen molar-refractivity contribution in [1.82, 2.24) is 10.5 Å². The molecule has 0 saturated carbocycles. The average Bonchev–Trinajstić information content (AvgIpc) is 2.90. The van der Waals surface area contributed by atoms with Crippen molar-refractivity contribution in [2.45, 2.75) is 32.9 Å². The molecule has 0 aliphatic heterocycles. The van der Waals surface area contributed by atoms with Gasteiger partial charge in [-0.05, 0) is 49.6 Å². The normalized spacial score (nSPS) is 11.3. The Balaban J connectivity index is 2.01. The second-order valence-electron chi connectivity index (χ2n) is 5.90. The van der Waals surface area contributed by atoms with E-state index in [1.54, 1.807) is 25.2 Å². The Labute approximate surface area is 158 Å². The lowest BCUT2D eigenvalue weighted by molar-refractivity contribution is -0.123. The molecule has 0 spiro atoms. The van der Waals surface area contributed by atoms with Crippen LogP contribution in [0, 0.1) is 13.8 Å². The van der Waals surface area contributed by atoms with Crippen LogP contribution in [0.5, 0.6) is 0 Å². The highest BCUT2D eigenvalue weighted by atomic mass is 35.5. The van der Waals surface area contributed by atoms with Crippen LogP contribution in [0.3, 0.4) is 0 Å². The molecule has 2 rings (SSSR count). The second kappa shape index (κ2) is 8.43. The van der Waals surface area contributed by atoms with Crippen LogP contribution in [0.4, 0.5) is 18.9 Å². The van der Waals surface area contributed by atoms with E-state index in [-0.39, 0.29) is 23.1 Å². The molecule has 0 saturated heterocycles. The largest absolute Gasteiger partial charge is 0.405 e. The molecule has 0 aliphatic carbocycles. The van der Waals surface area contributed by atoms with Crippen molar-refractivity contribution in [2.75, 3.05) is 11.9 Å². The van der Waals surface area contributed by atoms with Crippen LogP contribution in [-0.4, -0.2) is 29.7 Å². The number of halogens is 4. The standard InChI is InChI=1S/C17H17ClF3N3O3/c1-9-3-4-11(16(26)22-8-17(19,20)21)7-13(9)23-14(25)6-5-12-10(2)24-27-15(12)18/h3-4,7H,5-6,8H2,1-2H3,(H,22,26)(H,23,25). The maximum atomic E-state index is 12.2. The van der Waals surface area contributed by atoms with Gasteiger partial charge in [-0.15, -0.1) is 0 Å². The van der Waals surface area contributed by atoms with Crippen molar-refractivity contribution in [3.8, 4) is 0 Å². The van der Waals surface area contributed by atoms with Crippen molar-refractivity contribution in [2.24, 2.45) is 0 Å². The molecule has 1 aromatic carbocycles. The maximum absolute atomic E-state index is 12.2. The van der Waals surface area contributed by atoms with Crippen LogP contribution >= 0.6 is 11.6 Å². The van der Waals surface area contributed by atoms with Crippen molar-refractivity contribution in [3.05, 3.63) is 45.8 Å². The molecule has 0 atom stereocenters. The van der Waals surface area contributed by atoms with Gasteiger partial charge in [-0.25, -0.2) is 0 Å². The molecule has 2 aromatic rings. The summed E-state index contributed by atoms with van der Waals surface area (Å²) < 4.78 is 41.5. The summed E-state index contributed by atoms with van der Waals surface area (Å²) in [6.07, 6.45) is -4.10. The number of aryl methyl sites for hydroxylation is 2. The molecule has 10 heteroatoms. The monoisotopic (exact) mass is 403 g/mol. The molecule has 0 radical (unpaired) electrons. The van der Waals surface area contributed by atoms with E-state index in [9.17, 15) is 22.8 Å². The molecule has 0 unspecified atom stereocenters. The first kappa shape index (κ1) is 20.8. The fourth-order valence-electron chi connectivity index (χ4n) is 2.27. The van der Waals surface area contributed by atoms with Gasteiger partial charge in [0.15, 0.2) is 0 Å². The molecule has 0 fully saturated rings. The zero-order chi connectivity index (χ0) is 20.2. The lowest BCUT2D eigenvalue weighted by atomic mass is 10.1. The van der Waals surface area contributed by atoms with Gasteiger partial charge in [-0.2, -0.15) is 13.2 Å². The molecular formula is C17H17ClF3N3O3. The first-order valence-corrected chi connectivity index (χ1v) is 8.30. The smallest absolute Gasteiger partial charge is 0.344 e. The van der Waals surface area contributed by atoms with E-state index in [1.165, 1.54) is 12.1 Å². The number of anilines is 1. The molecule has 146 valence electrons. The van der Waals surface area contributed by atoms with Crippen molar-refractivity contribution >= 4 is 29.1 Å². The molecule has 1 heterocycles. The van der Waals surface area contributed by atoms with E-state index in [1.807, 2.05) is 0 Å². The van der Waals surface area contributed by atoms with Gasteiger partial charge in [-0.3, -0.25) is 9.59 Å². The van der Waals surface area contributed by atoms with Gasteiger partial charge < -0.3 is 15.2 Å². The van der Waals surface area contributed by atoms with Crippen LogP contribution in [0.25, 0.3) is 0 Å². The molecule has 1 aromatic heterocycles. The number of hydrogen-bond acceptors (Lipinski definition) is 4. The van der Waals surface area contributed by atoms with E-state index >= 15 is 0 Å². The fraction of sp³-hybridized carbons (Fsp3) is 0.353. The van der Waals surface area contributed by atoms with Gasteiger partial charge in [0.1, 0.15) is 6.54 Å². The van der Waals surface area contributed by atoms with Gasteiger partial charge in [0, 0.05) is 23.2 Å². The second-order valence-corrected chi connectivity index (χ2v) is 6.24. The van der Waals surface area contributed by atoms with Crippen LogP contribution < -0.4 is 10.6 Å². The van der Waals surface area contributed by atoms with Gasteiger partial charge in [0.05, 0.1) is 5.69 Å². The van der Waals surface area contributed by atoms with E-state index in [0.29, 0.717) is 28.9 Å². The highest BCUT2D eigenvalue weighted by Gasteiger charge is 2.28. The summed E-state index contributed by atoms with van der Waals surface area (Å²) in [7, 11) is 0. The van der Waals surface area contributed by atoms with E-state index in [4.69, 9.17) is 16.1 Å². The van der Waals surface area contributed by atoms with Crippen molar-refractivity contribution in [3.63, 3.8) is 0 Å².